The average Bonchev–Trinajstić information content (AvgIpc) is 3.45. The number of nitrogens with zero attached hydrogens (tertiary/aromatic N) is 7. The highest BCUT2D eigenvalue weighted by Crippen LogP contribution is 2.32. The number of allylic oxidation sites excluding steroid dienone is 2. The Hall–Kier alpha value is -3.36. The molecule has 3 N–H and O–H groups in total. The molecule has 240 valence electrons. The number of nitrogens with two attached hydrogens (primary N) is 1. The van der Waals surface area contributed by atoms with E-state index >= 15 is 0 Å². The number of carboxylic acid groups (broad SMARTS) is 1. The molecule has 1 aliphatic rings. The molecule has 0 aliphatic heterocycles. The van der Waals surface area contributed by atoms with Crippen LogP contribution in [0.25, 0.3) is 0 Å². The fraction of sp³-hybridized carbons (Fsp3) is 0.562. The van der Waals surface area contributed by atoms with Crippen molar-refractivity contribution in [1.29, 1.82) is 5.26 Å². The number of hydrogen-bond acceptors (Lipinski definition) is 8. The number of aliphatic imine (C=N–C) groups is 2. The van der Waals surface area contributed by atoms with Crippen LogP contribution < -0.4 is 5.73 Å². The summed E-state index contributed by atoms with van der Waals surface area (Å²) in [5.41, 5.74) is 9.08. The first-order chi connectivity index (χ1) is 20.7. The van der Waals surface area contributed by atoms with Crippen LogP contribution in [0.3, 0.4) is 0 Å². The van der Waals surface area contributed by atoms with E-state index in [2.05, 4.69) is 50.9 Å². The van der Waals surface area contributed by atoms with Crippen molar-refractivity contribution in [1.82, 2.24) is 14.8 Å². The molecule has 10 nitrogen and oxygen atoms in total. The number of hydrogen-bond donors (Lipinski definition) is 2. The van der Waals surface area contributed by atoms with Crippen LogP contribution >= 0.6 is 15.9 Å². The lowest BCUT2D eigenvalue weighted by Crippen LogP contribution is -2.26. The third-order valence-corrected chi connectivity index (χ3v) is 6.98. The summed E-state index contributed by atoms with van der Waals surface area (Å²) in [5, 5.41) is 28.5. The zero-order chi connectivity index (χ0) is 33.4. The van der Waals surface area contributed by atoms with Crippen LogP contribution in [0.2, 0.25) is 0 Å². The topological polar surface area (TPSA) is 145 Å². The number of alkyl halides is 1. The second-order valence-electron chi connectivity index (χ2n) is 9.18. The molecule has 1 heterocycles. The van der Waals surface area contributed by atoms with Gasteiger partial charge in [-0.2, -0.15) is 15.5 Å². The largest absolute Gasteiger partial charge is 0.481 e. The molecule has 1 fully saturated rings. The van der Waals surface area contributed by atoms with Crippen molar-refractivity contribution in [3.63, 3.8) is 0 Å². The third kappa shape index (κ3) is 15.1. The smallest absolute Gasteiger partial charge is 0.306 e. The van der Waals surface area contributed by atoms with Gasteiger partial charge in [0.05, 0.1) is 24.8 Å². The number of hydrazone groups is 1. The molecule has 11 heteroatoms. The summed E-state index contributed by atoms with van der Waals surface area (Å²) in [6.45, 7) is 22.1. The number of aromatic nitrogens is 2. The SMILES string of the molecule is C=C.C=C/C=C(\CN=CCc1cnn(C(C)N)c1/N=C(\CBr)C1CCC(C(=O)O)CC1)C(C)/C=N\N(C)C#N.CC.CC. The Morgan fingerprint density at radius 1 is 1.26 bits per heavy atom. The molecule has 0 amide bonds. The van der Waals surface area contributed by atoms with Crippen LogP contribution in [-0.2, 0) is 11.2 Å². The van der Waals surface area contributed by atoms with E-state index < -0.39 is 5.97 Å². The van der Waals surface area contributed by atoms with E-state index in [0.29, 0.717) is 37.0 Å². The normalized spacial score (nSPS) is 18.1. The fourth-order valence-electron chi connectivity index (χ4n) is 4.15. The molecule has 0 saturated heterocycles. The maximum absolute atomic E-state index is 11.3. The van der Waals surface area contributed by atoms with Gasteiger partial charge >= 0.3 is 5.97 Å². The first-order valence-corrected chi connectivity index (χ1v) is 16.0. The van der Waals surface area contributed by atoms with Gasteiger partial charge in [-0.15, -0.1) is 13.2 Å². The minimum absolute atomic E-state index is 0.00958. The Kier molecular flexibility index (Phi) is 24.4. The minimum Gasteiger partial charge on any atom is -0.481 e. The summed E-state index contributed by atoms with van der Waals surface area (Å²) in [6.07, 6.45) is 14.0. The average molecular weight is 662 g/mol. The van der Waals surface area contributed by atoms with Crippen LogP contribution in [-0.4, -0.2) is 62.9 Å². The van der Waals surface area contributed by atoms with Gasteiger partial charge in [0.15, 0.2) is 5.82 Å². The van der Waals surface area contributed by atoms with E-state index in [0.717, 1.165) is 29.7 Å². The Morgan fingerprint density at radius 2 is 1.84 bits per heavy atom. The highest BCUT2D eigenvalue weighted by atomic mass is 79.9. The molecule has 2 rings (SSSR count). The lowest BCUT2D eigenvalue weighted by molar-refractivity contribution is -0.142. The van der Waals surface area contributed by atoms with Gasteiger partial charge < -0.3 is 10.8 Å². The molecule has 1 aliphatic carbocycles. The first-order valence-electron chi connectivity index (χ1n) is 14.9. The highest BCUT2D eigenvalue weighted by Gasteiger charge is 2.28. The molecule has 1 aromatic rings. The lowest BCUT2D eigenvalue weighted by atomic mass is 9.80. The Morgan fingerprint density at radius 3 is 2.33 bits per heavy atom. The van der Waals surface area contributed by atoms with Crippen LogP contribution in [0, 0.1) is 29.2 Å². The summed E-state index contributed by atoms with van der Waals surface area (Å²) in [7, 11) is 1.59. The van der Waals surface area contributed by atoms with Crippen molar-refractivity contribution < 1.29 is 9.90 Å². The van der Waals surface area contributed by atoms with Gasteiger partial charge in [0.2, 0.25) is 6.19 Å². The predicted molar refractivity (Wildman–Crippen MR) is 185 cm³/mol. The number of rotatable bonds is 13. The van der Waals surface area contributed by atoms with Crippen molar-refractivity contribution in [3.8, 4) is 6.19 Å². The van der Waals surface area contributed by atoms with Gasteiger partial charge in [-0.05, 0) is 44.1 Å². The zero-order valence-corrected chi connectivity index (χ0v) is 28.8. The summed E-state index contributed by atoms with van der Waals surface area (Å²) >= 11 is 3.58. The molecule has 2 unspecified atom stereocenters. The predicted octanol–water partition coefficient (Wildman–Crippen LogP) is 7.33. The van der Waals surface area contributed by atoms with Gasteiger partial charge in [0, 0.05) is 48.4 Å². The molecule has 1 saturated carbocycles. The van der Waals surface area contributed by atoms with Gasteiger partial charge in [-0.25, -0.2) is 14.7 Å². The second-order valence-corrected chi connectivity index (χ2v) is 9.74. The monoisotopic (exact) mass is 660 g/mol. The van der Waals surface area contributed by atoms with E-state index in [1.54, 1.807) is 30.2 Å². The Labute approximate surface area is 268 Å². The quantitative estimate of drug-likeness (QED) is 0.0431. The maximum atomic E-state index is 11.3. The van der Waals surface area contributed by atoms with Crippen molar-refractivity contribution in [2.75, 3.05) is 18.9 Å². The number of carbonyl (C=O) groups is 1. The molecule has 0 aromatic carbocycles. The van der Waals surface area contributed by atoms with Crippen molar-refractivity contribution in [2.45, 2.75) is 79.8 Å². The summed E-state index contributed by atoms with van der Waals surface area (Å²) in [6, 6.07) is 0. The summed E-state index contributed by atoms with van der Waals surface area (Å²) in [5.74, 6) is -0.0595. The van der Waals surface area contributed by atoms with E-state index in [1.807, 2.05) is 60.0 Å². The number of halogens is 1. The van der Waals surface area contributed by atoms with Gasteiger partial charge in [-0.3, -0.25) is 9.79 Å². The molecule has 43 heavy (non-hydrogen) atoms. The van der Waals surface area contributed by atoms with Crippen LogP contribution in [0.1, 0.15) is 79.0 Å². The molecule has 1 aromatic heterocycles. The lowest BCUT2D eigenvalue weighted by Gasteiger charge is -2.26. The summed E-state index contributed by atoms with van der Waals surface area (Å²) in [4.78, 5) is 20.9. The van der Waals surface area contributed by atoms with Crippen molar-refractivity contribution in [3.05, 3.63) is 49.2 Å². The van der Waals surface area contributed by atoms with Gasteiger partial charge in [0.1, 0.15) is 0 Å². The van der Waals surface area contributed by atoms with Crippen molar-refractivity contribution in [2.24, 2.45) is 38.6 Å². The van der Waals surface area contributed by atoms with Gasteiger partial charge in [-0.1, -0.05) is 69.3 Å². The molecule has 0 radical (unpaired) electrons. The van der Waals surface area contributed by atoms with Crippen LogP contribution in [0.5, 0.6) is 0 Å². The Balaban J connectivity index is 0. The Bertz CT molecular complexity index is 1090. The standard InChI is InChI=1S/C26H37BrN8O2.2C2H6.C2H4/c1-5-6-22(18(2)14-31-34(4)17-28)15-30-12-11-23-16-32-35(19(3)29)25(23)33-24(13-27)20-7-9-21(10-8-20)26(36)37;3*1-2/h5-6,12,14,16,18-21H,1,7-11,13,15,29H2,2-4H3,(H,36,37);2*1-2H3;1-2H2/b22-6+,30-12?,31-14-,33-24+;;;. The fourth-order valence-corrected chi connectivity index (χ4v) is 4.73. The molecular formula is C32H53BrN8O2. The highest BCUT2D eigenvalue weighted by molar-refractivity contribution is 9.09. The molecule has 2 atom stereocenters. The van der Waals surface area contributed by atoms with Crippen LogP contribution in [0.15, 0.2) is 58.7 Å². The number of carboxylic acids is 1. The van der Waals surface area contributed by atoms with Crippen molar-refractivity contribution >= 4 is 45.9 Å². The number of aliphatic carboxylic acids is 1. The van der Waals surface area contributed by atoms with Gasteiger partial charge in [0.25, 0.3) is 0 Å². The molecular weight excluding hydrogens is 608 g/mol. The number of nitriles is 1. The minimum atomic E-state index is -0.713. The first kappa shape index (κ1) is 41.8. The zero-order valence-electron chi connectivity index (χ0n) is 27.2. The summed E-state index contributed by atoms with van der Waals surface area (Å²) < 4.78 is 1.71. The third-order valence-electron chi connectivity index (χ3n) is 6.40. The second kappa shape index (κ2) is 25.2. The molecule has 0 spiro atoms. The van der Waals surface area contributed by atoms with E-state index in [-0.39, 0.29) is 23.9 Å². The van der Waals surface area contributed by atoms with E-state index in [4.69, 9.17) is 16.0 Å². The van der Waals surface area contributed by atoms with E-state index in [9.17, 15) is 9.90 Å². The maximum Gasteiger partial charge on any atom is 0.306 e. The van der Waals surface area contributed by atoms with Crippen LogP contribution in [0.4, 0.5) is 5.82 Å². The molecule has 0 bridgehead atoms. The van der Waals surface area contributed by atoms with E-state index in [1.165, 1.54) is 5.01 Å².